The number of ether oxygens (including phenoxy) is 2. The van der Waals surface area contributed by atoms with Crippen LogP contribution in [0, 0.1) is 0 Å². The highest BCUT2D eigenvalue weighted by molar-refractivity contribution is 6.32. The summed E-state index contributed by atoms with van der Waals surface area (Å²) in [5, 5.41) is 12.5. The van der Waals surface area contributed by atoms with Crippen molar-refractivity contribution in [3.05, 3.63) is 52.9 Å². The fraction of sp³-hybridized carbons (Fsp3) is 0.294. The molecule has 0 fully saturated rings. The van der Waals surface area contributed by atoms with Gasteiger partial charge in [0.2, 0.25) is 0 Å². The second-order valence-corrected chi connectivity index (χ2v) is 6.10. The molecule has 7 heteroatoms. The van der Waals surface area contributed by atoms with Gasteiger partial charge in [-0.25, -0.2) is 0 Å². The lowest BCUT2D eigenvalue weighted by atomic mass is 10.1. The first-order chi connectivity index (χ1) is 11.7. The molecule has 1 aliphatic heterocycles. The predicted molar refractivity (Wildman–Crippen MR) is 90.7 cm³/mol. The fourth-order valence-corrected chi connectivity index (χ4v) is 3.07. The lowest BCUT2D eigenvalue weighted by Crippen LogP contribution is -2.21. The van der Waals surface area contributed by atoms with Gasteiger partial charge in [-0.3, -0.25) is 4.40 Å². The van der Waals surface area contributed by atoms with E-state index in [-0.39, 0.29) is 6.04 Å². The lowest BCUT2D eigenvalue weighted by Gasteiger charge is -2.21. The van der Waals surface area contributed by atoms with E-state index in [9.17, 15) is 0 Å². The minimum absolute atomic E-state index is 0.0365. The molecule has 1 aliphatic rings. The fourth-order valence-electron chi connectivity index (χ4n) is 2.78. The zero-order valence-electron chi connectivity index (χ0n) is 13.2. The number of rotatable bonds is 4. The van der Waals surface area contributed by atoms with Crippen LogP contribution >= 0.6 is 11.6 Å². The Morgan fingerprint density at radius 3 is 3.04 bits per heavy atom. The molecule has 1 N–H and O–H groups in total. The number of hydrogen-bond acceptors (Lipinski definition) is 5. The Labute approximate surface area is 144 Å². The Morgan fingerprint density at radius 1 is 1.25 bits per heavy atom. The maximum atomic E-state index is 6.28. The molecule has 3 aromatic rings. The van der Waals surface area contributed by atoms with E-state index in [4.69, 9.17) is 21.1 Å². The average molecular weight is 345 g/mol. The molecular weight excluding hydrogens is 328 g/mol. The maximum Gasteiger partial charge on any atom is 0.179 e. The summed E-state index contributed by atoms with van der Waals surface area (Å²) in [7, 11) is 0. The van der Waals surface area contributed by atoms with Crippen molar-refractivity contribution in [2.75, 3.05) is 13.2 Å². The zero-order chi connectivity index (χ0) is 16.5. The largest absolute Gasteiger partial charge is 0.486 e. The third-order valence-corrected chi connectivity index (χ3v) is 4.28. The van der Waals surface area contributed by atoms with Gasteiger partial charge in [-0.1, -0.05) is 17.7 Å². The smallest absolute Gasteiger partial charge is 0.179 e. The molecule has 24 heavy (non-hydrogen) atoms. The number of nitrogens with one attached hydrogen (secondary N) is 1. The van der Waals surface area contributed by atoms with Gasteiger partial charge in [0.1, 0.15) is 13.2 Å². The Hall–Kier alpha value is -2.31. The van der Waals surface area contributed by atoms with Gasteiger partial charge in [0.05, 0.1) is 11.1 Å². The predicted octanol–water partition coefficient (Wildman–Crippen LogP) is 3.00. The number of fused-ring (bicyclic) bond motifs is 2. The lowest BCUT2D eigenvalue weighted by molar-refractivity contribution is 0.171. The van der Waals surface area contributed by atoms with E-state index in [1.807, 2.05) is 40.9 Å². The molecule has 3 heterocycles. The first kappa shape index (κ1) is 15.2. The summed E-state index contributed by atoms with van der Waals surface area (Å²) in [5.41, 5.74) is 1.87. The molecule has 0 spiro atoms. The molecular formula is C17H17ClN4O2. The minimum Gasteiger partial charge on any atom is -0.486 e. The Kier molecular flexibility index (Phi) is 4.00. The van der Waals surface area contributed by atoms with E-state index in [0.29, 0.717) is 36.3 Å². The molecule has 124 valence electrons. The summed E-state index contributed by atoms with van der Waals surface area (Å²) < 4.78 is 13.1. The van der Waals surface area contributed by atoms with Gasteiger partial charge < -0.3 is 14.8 Å². The summed E-state index contributed by atoms with van der Waals surface area (Å²) in [6.07, 6.45) is 1.96. The third-order valence-electron chi connectivity index (χ3n) is 4.00. The van der Waals surface area contributed by atoms with Crippen molar-refractivity contribution in [1.29, 1.82) is 0 Å². The molecule has 4 rings (SSSR count). The Balaban J connectivity index is 1.51. The van der Waals surface area contributed by atoms with Gasteiger partial charge in [0.15, 0.2) is 23.0 Å². The summed E-state index contributed by atoms with van der Waals surface area (Å²) in [6.45, 7) is 3.77. The van der Waals surface area contributed by atoms with E-state index in [1.54, 1.807) is 0 Å². The van der Waals surface area contributed by atoms with E-state index in [2.05, 4.69) is 22.4 Å². The van der Waals surface area contributed by atoms with Crippen molar-refractivity contribution in [3.8, 4) is 11.5 Å². The van der Waals surface area contributed by atoms with Gasteiger partial charge in [0.25, 0.3) is 0 Å². The zero-order valence-corrected chi connectivity index (χ0v) is 14.0. The Morgan fingerprint density at radius 2 is 2.12 bits per heavy atom. The maximum absolute atomic E-state index is 6.28. The van der Waals surface area contributed by atoms with Crippen LogP contribution in [0.4, 0.5) is 0 Å². The van der Waals surface area contributed by atoms with Gasteiger partial charge >= 0.3 is 0 Å². The molecule has 1 aromatic carbocycles. The standard InChI is InChI=1S/C17H17ClN4O2/c1-11(17-21-20-15-4-2-3-5-22(15)17)19-10-12-8-13(18)16-14(9-12)23-6-7-24-16/h2-5,8-9,11,19H,6-7,10H2,1H3. The number of hydrogen-bond donors (Lipinski definition) is 1. The molecule has 6 nitrogen and oxygen atoms in total. The highest BCUT2D eigenvalue weighted by Crippen LogP contribution is 2.38. The summed E-state index contributed by atoms with van der Waals surface area (Å²) in [4.78, 5) is 0. The molecule has 0 saturated heterocycles. The van der Waals surface area contributed by atoms with Crippen molar-refractivity contribution in [2.45, 2.75) is 19.5 Å². The number of halogens is 1. The SMILES string of the molecule is CC(NCc1cc(Cl)c2c(c1)OCCO2)c1nnc2ccccn12. The molecule has 1 unspecified atom stereocenters. The van der Waals surface area contributed by atoms with E-state index in [1.165, 1.54) is 0 Å². The quantitative estimate of drug-likeness (QED) is 0.788. The van der Waals surface area contributed by atoms with E-state index < -0.39 is 0 Å². The van der Waals surface area contributed by atoms with Crippen LogP contribution in [0.25, 0.3) is 5.65 Å². The molecule has 0 aliphatic carbocycles. The van der Waals surface area contributed by atoms with E-state index in [0.717, 1.165) is 17.0 Å². The average Bonchev–Trinajstić information content (AvgIpc) is 3.04. The van der Waals surface area contributed by atoms with Crippen LogP contribution in [0.5, 0.6) is 11.5 Å². The number of nitrogens with zero attached hydrogens (tertiary/aromatic N) is 3. The van der Waals surface area contributed by atoms with Crippen LogP contribution in [0.15, 0.2) is 36.5 Å². The van der Waals surface area contributed by atoms with E-state index >= 15 is 0 Å². The monoisotopic (exact) mass is 344 g/mol. The molecule has 0 amide bonds. The van der Waals surface area contributed by atoms with Gasteiger partial charge in [-0.05, 0) is 36.8 Å². The highest BCUT2D eigenvalue weighted by Gasteiger charge is 2.18. The number of aromatic nitrogens is 3. The van der Waals surface area contributed by atoms with Crippen LogP contribution in [0.1, 0.15) is 24.4 Å². The molecule has 0 saturated carbocycles. The van der Waals surface area contributed by atoms with Gasteiger partial charge in [0, 0.05) is 12.7 Å². The molecule has 2 aromatic heterocycles. The topological polar surface area (TPSA) is 60.7 Å². The second kappa shape index (κ2) is 6.30. The van der Waals surface area contributed by atoms with Crippen molar-refractivity contribution in [2.24, 2.45) is 0 Å². The minimum atomic E-state index is 0.0365. The first-order valence-corrected chi connectivity index (χ1v) is 8.21. The molecule has 0 bridgehead atoms. The van der Waals surface area contributed by atoms with Crippen LogP contribution in [0.3, 0.4) is 0 Å². The van der Waals surface area contributed by atoms with Crippen LogP contribution in [0.2, 0.25) is 5.02 Å². The van der Waals surface area contributed by atoms with Crippen LogP contribution in [-0.2, 0) is 6.54 Å². The summed E-state index contributed by atoms with van der Waals surface area (Å²) in [5.74, 6) is 2.20. The summed E-state index contributed by atoms with van der Waals surface area (Å²) in [6, 6.07) is 9.74. The second-order valence-electron chi connectivity index (χ2n) is 5.69. The van der Waals surface area contributed by atoms with Crippen molar-refractivity contribution in [3.63, 3.8) is 0 Å². The third kappa shape index (κ3) is 2.79. The summed E-state index contributed by atoms with van der Waals surface area (Å²) >= 11 is 6.28. The molecule has 1 atom stereocenters. The number of pyridine rings is 1. The van der Waals surface area contributed by atoms with Crippen LogP contribution in [-0.4, -0.2) is 27.8 Å². The van der Waals surface area contributed by atoms with Gasteiger partial charge in [-0.2, -0.15) is 0 Å². The van der Waals surface area contributed by atoms with Crippen molar-refractivity contribution in [1.82, 2.24) is 19.9 Å². The highest BCUT2D eigenvalue weighted by atomic mass is 35.5. The molecule has 0 radical (unpaired) electrons. The van der Waals surface area contributed by atoms with Crippen LogP contribution < -0.4 is 14.8 Å². The Bertz CT molecular complexity index is 880. The number of benzene rings is 1. The van der Waals surface area contributed by atoms with Crippen molar-refractivity contribution >= 4 is 17.2 Å². The normalized spacial score (nSPS) is 14.8. The first-order valence-electron chi connectivity index (χ1n) is 7.83. The van der Waals surface area contributed by atoms with Crippen molar-refractivity contribution < 1.29 is 9.47 Å². The van der Waals surface area contributed by atoms with Gasteiger partial charge in [-0.15, -0.1) is 10.2 Å².